The number of halogens is 1. The molecule has 0 unspecified atom stereocenters. The van der Waals surface area contributed by atoms with E-state index in [0.717, 1.165) is 23.5 Å². The fourth-order valence-electron chi connectivity index (χ4n) is 2.39. The maximum Gasteiger partial charge on any atom is 0.223 e. The zero-order chi connectivity index (χ0) is 14.2. The molecular formula is C16H16BrNO2. The zero-order valence-corrected chi connectivity index (χ0v) is 13.1. The summed E-state index contributed by atoms with van der Waals surface area (Å²) in [4.78, 5) is 4.30. The van der Waals surface area contributed by atoms with Crippen LogP contribution in [0.15, 0.2) is 36.5 Å². The third kappa shape index (κ3) is 2.52. The van der Waals surface area contributed by atoms with Gasteiger partial charge < -0.3 is 9.47 Å². The average molecular weight is 334 g/mol. The Bertz CT molecular complexity index is 640. The number of nitrogens with zero attached hydrogens (tertiary/aromatic N) is 1. The molecule has 0 saturated carbocycles. The van der Waals surface area contributed by atoms with Crippen molar-refractivity contribution >= 4 is 15.9 Å². The molecule has 1 aromatic heterocycles. The van der Waals surface area contributed by atoms with Gasteiger partial charge in [0.05, 0.1) is 0 Å². The number of pyridine rings is 1. The number of fused-ring (bicyclic) bond motifs is 1. The normalized spacial score (nSPS) is 15.6. The molecule has 1 aliphatic heterocycles. The van der Waals surface area contributed by atoms with Crippen LogP contribution in [-0.2, 0) is 11.8 Å². The van der Waals surface area contributed by atoms with Crippen molar-refractivity contribution in [3.8, 4) is 17.4 Å². The van der Waals surface area contributed by atoms with Crippen LogP contribution in [0.25, 0.3) is 0 Å². The number of aromatic nitrogens is 1. The molecule has 0 bridgehead atoms. The van der Waals surface area contributed by atoms with Gasteiger partial charge in [-0.2, -0.15) is 0 Å². The van der Waals surface area contributed by atoms with Crippen LogP contribution < -0.4 is 9.47 Å². The Morgan fingerprint density at radius 3 is 2.95 bits per heavy atom. The number of ether oxygens (including phenoxy) is 2. The summed E-state index contributed by atoms with van der Waals surface area (Å²) in [5, 5.41) is 0.706. The van der Waals surface area contributed by atoms with Crippen LogP contribution in [0.2, 0.25) is 0 Å². The molecule has 2 heterocycles. The Labute approximate surface area is 127 Å². The Balaban J connectivity index is 1.96. The highest BCUT2D eigenvalue weighted by Gasteiger charge is 2.32. The molecule has 0 spiro atoms. The van der Waals surface area contributed by atoms with Gasteiger partial charge in [0.25, 0.3) is 0 Å². The van der Waals surface area contributed by atoms with E-state index in [1.54, 1.807) is 6.20 Å². The van der Waals surface area contributed by atoms with Crippen LogP contribution >= 0.6 is 15.9 Å². The summed E-state index contributed by atoms with van der Waals surface area (Å²) in [6.45, 7) is 4.17. The molecule has 1 aromatic carbocycles. The highest BCUT2D eigenvalue weighted by atomic mass is 79.9. The smallest absolute Gasteiger partial charge is 0.223 e. The predicted octanol–water partition coefficient (Wildman–Crippen LogP) is 4.48. The van der Waals surface area contributed by atoms with Gasteiger partial charge in [-0.25, -0.2) is 4.98 Å². The first-order valence-corrected chi connectivity index (χ1v) is 7.70. The Kier molecular flexibility index (Phi) is 3.42. The third-order valence-corrected chi connectivity index (χ3v) is 3.86. The molecule has 3 nitrogen and oxygen atoms in total. The van der Waals surface area contributed by atoms with Crippen molar-refractivity contribution in [1.82, 2.24) is 4.98 Å². The number of para-hydroxylation sites is 1. The molecule has 0 radical (unpaired) electrons. The van der Waals surface area contributed by atoms with Gasteiger partial charge in [0.1, 0.15) is 5.60 Å². The van der Waals surface area contributed by atoms with E-state index in [4.69, 9.17) is 9.47 Å². The maximum absolute atomic E-state index is 6.01. The largest absolute Gasteiger partial charge is 0.483 e. The number of benzene rings is 1. The summed E-state index contributed by atoms with van der Waals surface area (Å²) in [5.41, 5.74) is 2.02. The lowest BCUT2D eigenvalue weighted by Gasteiger charge is -2.18. The Morgan fingerprint density at radius 1 is 1.30 bits per heavy atom. The summed E-state index contributed by atoms with van der Waals surface area (Å²) < 4.78 is 12.0. The van der Waals surface area contributed by atoms with Crippen molar-refractivity contribution < 1.29 is 9.47 Å². The van der Waals surface area contributed by atoms with Gasteiger partial charge in [-0.3, -0.25) is 0 Å². The molecule has 1 aliphatic rings. The van der Waals surface area contributed by atoms with Gasteiger partial charge >= 0.3 is 0 Å². The minimum atomic E-state index is -0.176. The molecule has 20 heavy (non-hydrogen) atoms. The molecular weight excluding hydrogens is 318 g/mol. The van der Waals surface area contributed by atoms with E-state index in [2.05, 4.69) is 40.8 Å². The van der Waals surface area contributed by atoms with Crippen LogP contribution in [0.3, 0.4) is 0 Å². The third-order valence-electron chi connectivity index (χ3n) is 3.26. The molecule has 104 valence electrons. The minimum absolute atomic E-state index is 0.176. The van der Waals surface area contributed by atoms with Crippen molar-refractivity contribution in [3.05, 3.63) is 47.7 Å². The van der Waals surface area contributed by atoms with Gasteiger partial charge in [-0.15, -0.1) is 0 Å². The molecule has 0 saturated heterocycles. The molecule has 0 atom stereocenters. The second kappa shape index (κ2) is 5.09. The first kappa shape index (κ1) is 13.4. The molecule has 4 heteroatoms. The second-order valence-electron chi connectivity index (χ2n) is 5.49. The SMILES string of the molecule is CC1(C)Cc2cccc(Oc3ncccc3CBr)c2O1. The summed E-state index contributed by atoms with van der Waals surface area (Å²) in [5.74, 6) is 2.18. The monoisotopic (exact) mass is 333 g/mol. The van der Waals surface area contributed by atoms with Gasteiger partial charge in [0.2, 0.25) is 5.88 Å². The van der Waals surface area contributed by atoms with Gasteiger partial charge in [-0.1, -0.05) is 34.1 Å². The zero-order valence-electron chi connectivity index (χ0n) is 11.5. The van der Waals surface area contributed by atoms with Crippen molar-refractivity contribution in [2.45, 2.75) is 31.2 Å². The van der Waals surface area contributed by atoms with Crippen molar-refractivity contribution in [2.24, 2.45) is 0 Å². The lowest BCUT2D eigenvalue weighted by molar-refractivity contribution is 0.135. The molecule has 0 amide bonds. The number of rotatable bonds is 3. The average Bonchev–Trinajstić information content (AvgIpc) is 2.74. The lowest BCUT2D eigenvalue weighted by atomic mass is 10.0. The van der Waals surface area contributed by atoms with E-state index in [9.17, 15) is 0 Å². The first-order chi connectivity index (χ1) is 9.59. The van der Waals surface area contributed by atoms with Gasteiger partial charge in [0.15, 0.2) is 11.5 Å². The van der Waals surface area contributed by atoms with E-state index < -0.39 is 0 Å². The molecule has 0 N–H and O–H groups in total. The molecule has 0 fully saturated rings. The molecule has 0 aliphatic carbocycles. The van der Waals surface area contributed by atoms with Crippen LogP contribution in [0.1, 0.15) is 25.0 Å². The summed E-state index contributed by atoms with van der Waals surface area (Å²) in [7, 11) is 0. The molecule has 2 aromatic rings. The van der Waals surface area contributed by atoms with Crippen molar-refractivity contribution in [2.75, 3.05) is 0 Å². The summed E-state index contributed by atoms with van der Waals surface area (Å²) in [6, 6.07) is 9.90. The Hall–Kier alpha value is -1.55. The summed E-state index contributed by atoms with van der Waals surface area (Å²) >= 11 is 3.45. The fraction of sp³-hybridized carbons (Fsp3) is 0.312. The standard InChI is InChI=1S/C16H16BrNO2/c1-16(2)9-11-5-3-7-13(14(11)20-16)19-15-12(10-17)6-4-8-18-15/h3-8H,9-10H2,1-2H3. The van der Waals surface area contributed by atoms with Gasteiger partial charge in [-0.05, 0) is 26.0 Å². The van der Waals surface area contributed by atoms with E-state index in [-0.39, 0.29) is 5.60 Å². The minimum Gasteiger partial charge on any atom is -0.483 e. The second-order valence-corrected chi connectivity index (χ2v) is 6.05. The Morgan fingerprint density at radius 2 is 2.15 bits per heavy atom. The number of hydrogen-bond donors (Lipinski definition) is 0. The van der Waals surface area contributed by atoms with Crippen LogP contribution in [0.5, 0.6) is 17.4 Å². The topological polar surface area (TPSA) is 31.4 Å². The van der Waals surface area contributed by atoms with Gasteiger partial charge in [0, 0.05) is 29.1 Å². The number of hydrogen-bond acceptors (Lipinski definition) is 3. The van der Waals surface area contributed by atoms with Crippen LogP contribution in [0.4, 0.5) is 0 Å². The van der Waals surface area contributed by atoms with E-state index in [0.29, 0.717) is 11.2 Å². The fourth-order valence-corrected chi connectivity index (χ4v) is 2.82. The van der Waals surface area contributed by atoms with E-state index >= 15 is 0 Å². The maximum atomic E-state index is 6.01. The summed E-state index contributed by atoms with van der Waals surface area (Å²) in [6.07, 6.45) is 2.63. The first-order valence-electron chi connectivity index (χ1n) is 6.58. The predicted molar refractivity (Wildman–Crippen MR) is 81.8 cm³/mol. The highest BCUT2D eigenvalue weighted by Crippen LogP contribution is 2.43. The van der Waals surface area contributed by atoms with Crippen molar-refractivity contribution in [3.63, 3.8) is 0 Å². The van der Waals surface area contributed by atoms with Crippen LogP contribution in [0, 0.1) is 0 Å². The highest BCUT2D eigenvalue weighted by molar-refractivity contribution is 9.08. The van der Waals surface area contributed by atoms with Crippen molar-refractivity contribution in [1.29, 1.82) is 0 Å². The lowest BCUT2D eigenvalue weighted by Crippen LogP contribution is -2.24. The van der Waals surface area contributed by atoms with E-state index in [1.165, 1.54) is 5.56 Å². The molecule has 3 rings (SSSR count). The van der Waals surface area contributed by atoms with Crippen LogP contribution in [-0.4, -0.2) is 10.6 Å². The number of alkyl halides is 1. The van der Waals surface area contributed by atoms with E-state index in [1.807, 2.05) is 24.3 Å². The quantitative estimate of drug-likeness (QED) is 0.776.